The average Bonchev–Trinajstić information content (AvgIpc) is 2.53. The molecular formula is C8H6BrClN4S. The maximum atomic E-state index is 6.11. The van der Waals surface area contributed by atoms with Crippen LogP contribution in [0.3, 0.4) is 0 Å². The lowest BCUT2D eigenvalue weighted by Gasteiger charge is -2.04. The molecule has 2 rings (SSSR count). The Bertz CT molecular complexity index is 562. The Morgan fingerprint density at radius 1 is 1.53 bits per heavy atom. The Balaban J connectivity index is 2.69. The number of benzene rings is 1. The number of hydrogen-bond donors (Lipinski definition) is 2. The highest BCUT2D eigenvalue weighted by Gasteiger charge is 2.11. The van der Waals surface area contributed by atoms with Gasteiger partial charge in [-0.25, -0.2) is 9.77 Å². The molecule has 1 aromatic carbocycles. The molecule has 1 heterocycles. The fraction of sp³-hybridized carbons (Fsp3) is 0. The molecule has 78 valence electrons. The summed E-state index contributed by atoms with van der Waals surface area (Å²) >= 11 is 14.3. The van der Waals surface area contributed by atoms with Crippen LogP contribution in [0.25, 0.3) is 11.4 Å². The molecule has 1 aromatic heterocycles. The molecule has 0 saturated heterocycles. The zero-order chi connectivity index (χ0) is 11.0. The van der Waals surface area contributed by atoms with Gasteiger partial charge in [-0.3, -0.25) is 0 Å². The lowest BCUT2D eigenvalue weighted by atomic mass is 10.2. The molecule has 4 nitrogen and oxygen atoms in total. The minimum atomic E-state index is 0.348. The number of nitrogen functional groups attached to an aromatic ring is 1. The van der Waals surface area contributed by atoms with Crippen LogP contribution in [0.2, 0.25) is 5.02 Å². The van der Waals surface area contributed by atoms with Crippen molar-refractivity contribution >= 4 is 39.7 Å². The smallest absolute Gasteiger partial charge is 0.214 e. The summed E-state index contributed by atoms with van der Waals surface area (Å²) in [5.74, 6) is 6.20. The molecule has 0 bridgehead atoms. The molecule has 15 heavy (non-hydrogen) atoms. The third kappa shape index (κ3) is 1.80. The van der Waals surface area contributed by atoms with Crippen molar-refractivity contribution in [3.05, 3.63) is 32.5 Å². The summed E-state index contributed by atoms with van der Waals surface area (Å²) in [5, 5.41) is 7.16. The van der Waals surface area contributed by atoms with E-state index in [4.69, 9.17) is 29.7 Å². The molecule has 7 heteroatoms. The van der Waals surface area contributed by atoms with E-state index in [2.05, 4.69) is 26.1 Å². The van der Waals surface area contributed by atoms with Gasteiger partial charge >= 0.3 is 0 Å². The molecule has 2 aromatic rings. The Morgan fingerprint density at radius 3 is 2.87 bits per heavy atom. The summed E-state index contributed by atoms with van der Waals surface area (Å²) in [6, 6.07) is 5.51. The van der Waals surface area contributed by atoms with Crippen molar-refractivity contribution in [2.75, 3.05) is 5.84 Å². The van der Waals surface area contributed by atoms with Crippen LogP contribution < -0.4 is 5.84 Å². The van der Waals surface area contributed by atoms with Gasteiger partial charge in [-0.05, 0) is 40.3 Å². The number of aromatic nitrogens is 3. The summed E-state index contributed by atoms with van der Waals surface area (Å²) in [5.41, 5.74) is 0.723. The molecule has 0 aliphatic rings. The maximum Gasteiger partial charge on any atom is 0.214 e. The van der Waals surface area contributed by atoms with Crippen molar-refractivity contribution in [1.82, 2.24) is 14.9 Å². The van der Waals surface area contributed by atoms with Crippen LogP contribution in [-0.2, 0) is 0 Å². The van der Waals surface area contributed by atoms with Crippen LogP contribution in [0.1, 0.15) is 0 Å². The Morgan fingerprint density at radius 2 is 2.27 bits per heavy atom. The van der Waals surface area contributed by atoms with Gasteiger partial charge in [0.25, 0.3) is 0 Å². The molecule has 0 fully saturated rings. The molecule has 0 saturated carbocycles. The average molecular weight is 306 g/mol. The van der Waals surface area contributed by atoms with Crippen molar-refractivity contribution in [1.29, 1.82) is 0 Å². The second kappa shape index (κ2) is 3.96. The predicted molar refractivity (Wildman–Crippen MR) is 65.7 cm³/mol. The molecule has 0 unspecified atom stereocenters. The standard InChI is InChI=1S/C8H6BrClN4S/c9-5-3-1-2-4(6(5)10)7-12-13-8(15)14(7)11/h1-3H,11H2,(H,13,15). The van der Waals surface area contributed by atoms with Gasteiger partial charge in [0.05, 0.1) is 5.02 Å². The van der Waals surface area contributed by atoms with Crippen LogP contribution in [0.15, 0.2) is 22.7 Å². The highest BCUT2D eigenvalue weighted by molar-refractivity contribution is 9.10. The van der Waals surface area contributed by atoms with Crippen LogP contribution in [0.5, 0.6) is 0 Å². The van der Waals surface area contributed by atoms with Gasteiger partial charge in [0.15, 0.2) is 5.82 Å². The predicted octanol–water partition coefficient (Wildman–Crippen LogP) is 2.74. The number of nitrogens with one attached hydrogen (secondary N) is 1. The number of rotatable bonds is 1. The fourth-order valence-electron chi connectivity index (χ4n) is 1.17. The Kier molecular flexibility index (Phi) is 2.81. The SMILES string of the molecule is Nn1c(-c2cccc(Br)c2Cl)n[nH]c1=S. The lowest BCUT2D eigenvalue weighted by Crippen LogP contribution is -2.10. The van der Waals surface area contributed by atoms with Gasteiger partial charge in [-0.15, -0.1) is 0 Å². The number of halogens is 2. The van der Waals surface area contributed by atoms with E-state index in [9.17, 15) is 0 Å². The molecule has 0 radical (unpaired) electrons. The molecule has 0 aliphatic carbocycles. The van der Waals surface area contributed by atoms with E-state index in [0.29, 0.717) is 15.6 Å². The van der Waals surface area contributed by atoms with E-state index in [0.717, 1.165) is 10.0 Å². The lowest BCUT2D eigenvalue weighted by molar-refractivity contribution is 0.984. The number of nitrogens with zero attached hydrogens (tertiary/aromatic N) is 2. The van der Waals surface area contributed by atoms with E-state index in [1.54, 1.807) is 0 Å². The molecule has 0 spiro atoms. The van der Waals surface area contributed by atoms with Gasteiger partial charge < -0.3 is 5.84 Å². The molecule has 0 atom stereocenters. The first kappa shape index (κ1) is 10.7. The first-order chi connectivity index (χ1) is 7.11. The van der Waals surface area contributed by atoms with Crippen molar-refractivity contribution in [2.45, 2.75) is 0 Å². The maximum absolute atomic E-state index is 6.11. The highest BCUT2D eigenvalue weighted by Crippen LogP contribution is 2.31. The fourth-order valence-corrected chi connectivity index (χ4v) is 1.88. The molecule has 0 aliphatic heterocycles. The van der Waals surface area contributed by atoms with Crippen molar-refractivity contribution in [2.24, 2.45) is 0 Å². The summed E-state index contributed by atoms with van der Waals surface area (Å²) in [6.45, 7) is 0. The molecule has 3 N–H and O–H groups in total. The number of aromatic amines is 1. The van der Waals surface area contributed by atoms with E-state index >= 15 is 0 Å². The zero-order valence-corrected chi connectivity index (χ0v) is 10.5. The van der Waals surface area contributed by atoms with Crippen molar-refractivity contribution < 1.29 is 0 Å². The Hall–Kier alpha value is -0.850. The first-order valence-corrected chi connectivity index (χ1v) is 5.56. The first-order valence-electron chi connectivity index (χ1n) is 3.98. The summed E-state index contributed by atoms with van der Waals surface area (Å²) < 4.78 is 2.42. The topological polar surface area (TPSA) is 59.6 Å². The largest absolute Gasteiger partial charge is 0.335 e. The number of H-pyrrole nitrogens is 1. The van der Waals surface area contributed by atoms with Gasteiger partial charge in [-0.2, -0.15) is 5.10 Å². The van der Waals surface area contributed by atoms with Crippen molar-refractivity contribution in [3.63, 3.8) is 0 Å². The summed E-state index contributed by atoms with van der Waals surface area (Å²) in [4.78, 5) is 0. The van der Waals surface area contributed by atoms with Crippen LogP contribution in [0.4, 0.5) is 0 Å². The number of hydrogen-bond acceptors (Lipinski definition) is 3. The third-order valence-corrected chi connectivity index (χ3v) is 3.48. The minimum Gasteiger partial charge on any atom is -0.335 e. The zero-order valence-electron chi connectivity index (χ0n) is 7.37. The second-order valence-electron chi connectivity index (χ2n) is 2.82. The number of nitrogens with two attached hydrogens (primary N) is 1. The van der Waals surface area contributed by atoms with Crippen LogP contribution in [-0.4, -0.2) is 14.9 Å². The van der Waals surface area contributed by atoms with Gasteiger partial charge in [0.2, 0.25) is 4.77 Å². The summed E-state index contributed by atoms with van der Waals surface area (Å²) in [7, 11) is 0. The summed E-state index contributed by atoms with van der Waals surface area (Å²) in [6.07, 6.45) is 0. The second-order valence-corrected chi connectivity index (χ2v) is 4.44. The van der Waals surface area contributed by atoms with Gasteiger partial charge in [-0.1, -0.05) is 17.7 Å². The van der Waals surface area contributed by atoms with Crippen LogP contribution in [0, 0.1) is 4.77 Å². The van der Waals surface area contributed by atoms with Crippen LogP contribution >= 0.6 is 39.7 Å². The van der Waals surface area contributed by atoms with E-state index < -0.39 is 0 Å². The van der Waals surface area contributed by atoms with E-state index in [-0.39, 0.29) is 0 Å². The molecule has 0 amide bonds. The van der Waals surface area contributed by atoms with Crippen molar-refractivity contribution in [3.8, 4) is 11.4 Å². The highest BCUT2D eigenvalue weighted by atomic mass is 79.9. The quantitative estimate of drug-likeness (QED) is 0.629. The van der Waals surface area contributed by atoms with E-state index in [1.165, 1.54) is 4.68 Å². The van der Waals surface area contributed by atoms with E-state index in [1.807, 2.05) is 18.2 Å². The Labute approximate surface area is 104 Å². The molecular weight excluding hydrogens is 300 g/mol. The van der Waals surface area contributed by atoms with Gasteiger partial charge in [0.1, 0.15) is 0 Å². The minimum absolute atomic E-state index is 0.348. The monoisotopic (exact) mass is 304 g/mol. The normalized spacial score (nSPS) is 10.5. The van der Waals surface area contributed by atoms with Gasteiger partial charge in [0, 0.05) is 10.0 Å². The third-order valence-electron chi connectivity index (χ3n) is 1.90.